The van der Waals surface area contributed by atoms with Crippen LogP contribution in [0.25, 0.3) is 11.0 Å². The molecule has 0 aliphatic heterocycles. The van der Waals surface area contributed by atoms with Gasteiger partial charge < -0.3 is 15.3 Å². The van der Waals surface area contributed by atoms with Crippen LogP contribution in [0.2, 0.25) is 0 Å². The van der Waals surface area contributed by atoms with Crippen LogP contribution in [-0.4, -0.2) is 40.7 Å². The molecular weight excluding hydrogens is 402 g/mol. The van der Waals surface area contributed by atoms with E-state index >= 15 is 0 Å². The molecule has 0 aliphatic rings. The average Bonchev–Trinajstić information content (AvgIpc) is 3.00. The SMILES string of the molecule is CC(=O)C(N=Nc1cccc(S(=O)(=O)O)c1)C(=O)Nc1ccc2[nH]c(=O)[nH]c2c1. The number of rotatable bonds is 6. The van der Waals surface area contributed by atoms with Gasteiger partial charge in [-0.1, -0.05) is 6.07 Å². The van der Waals surface area contributed by atoms with E-state index in [1.807, 2.05) is 0 Å². The van der Waals surface area contributed by atoms with Crippen LogP contribution in [0.5, 0.6) is 0 Å². The maximum atomic E-state index is 12.4. The second-order valence-electron chi connectivity index (χ2n) is 6.03. The van der Waals surface area contributed by atoms with Crippen molar-refractivity contribution in [3.63, 3.8) is 0 Å². The van der Waals surface area contributed by atoms with Gasteiger partial charge in [-0.05, 0) is 43.3 Å². The summed E-state index contributed by atoms with van der Waals surface area (Å²) in [6.07, 6.45) is 0. The molecule has 0 aliphatic carbocycles. The minimum atomic E-state index is -4.43. The first kappa shape index (κ1) is 20.1. The number of aromatic nitrogens is 2. The van der Waals surface area contributed by atoms with Crippen LogP contribution < -0.4 is 11.0 Å². The second-order valence-corrected chi connectivity index (χ2v) is 7.45. The van der Waals surface area contributed by atoms with Crippen LogP contribution in [0.15, 0.2) is 62.4 Å². The van der Waals surface area contributed by atoms with Gasteiger partial charge in [0.15, 0.2) is 5.78 Å². The molecular formula is C17H15N5O6S. The smallest absolute Gasteiger partial charge is 0.323 e. The predicted molar refractivity (Wildman–Crippen MR) is 103 cm³/mol. The van der Waals surface area contributed by atoms with Crippen molar-refractivity contribution in [1.29, 1.82) is 0 Å². The van der Waals surface area contributed by atoms with Gasteiger partial charge in [-0.2, -0.15) is 18.6 Å². The molecule has 0 fully saturated rings. The summed E-state index contributed by atoms with van der Waals surface area (Å²) in [6, 6.07) is 8.06. The molecule has 1 amide bonds. The van der Waals surface area contributed by atoms with Gasteiger partial charge in [0.05, 0.1) is 21.6 Å². The number of nitrogens with one attached hydrogen (secondary N) is 3. The topological polar surface area (TPSA) is 174 Å². The minimum Gasteiger partial charge on any atom is -0.324 e. The van der Waals surface area contributed by atoms with E-state index in [9.17, 15) is 22.8 Å². The second kappa shape index (κ2) is 7.77. The van der Waals surface area contributed by atoms with E-state index in [0.29, 0.717) is 16.7 Å². The first-order valence-electron chi connectivity index (χ1n) is 8.15. The maximum Gasteiger partial charge on any atom is 0.323 e. The van der Waals surface area contributed by atoms with E-state index in [1.165, 1.54) is 24.3 Å². The van der Waals surface area contributed by atoms with Crippen molar-refractivity contribution in [2.45, 2.75) is 17.9 Å². The molecule has 3 rings (SSSR count). The molecule has 0 radical (unpaired) electrons. The highest BCUT2D eigenvalue weighted by atomic mass is 32.2. The molecule has 0 bridgehead atoms. The van der Waals surface area contributed by atoms with E-state index in [2.05, 4.69) is 25.5 Å². The number of carbonyl (C=O) groups is 2. The molecule has 0 spiro atoms. The Labute approximate surface area is 163 Å². The van der Waals surface area contributed by atoms with Gasteiger partial charge in [-0.25, -0.2) is 4.79 Å². The lowest BCUT2D eigenvalue weighted by Gasteiger charge is -2.09. The van der Waals surface area contributed by atoms with Crippen LogP contribution in [0.1, 0.15) is 6.92 Å². The number of azo groups is 1. The summed E-state index contributed by atoms with van der Waals surface area (Å²) in [7, 11) is -4.43. The normalized spacial score (nSPS) is 12.9. The van der Waals surface area contributed by atoms with Gasteiger partial charge in [0.2, 0.25) is 6.04 Å². The zero-order valence-electron chi connectivity index (χ0n) is 14.9. The van der Waals surface area contributed by atoms with Crippen LogP contribution in [0, 0.1) is 0 Å². The van der Waals surface area contributed by atoms with Crippen LogP contribution in [-0.2, 0) is 19.7 Å². The number of amides is 1. The van der Waals surface area contributed by atoms with Gasteiger partial charge in [0.25, 0.3) is 16.0 Å². The van der Waals surface area contributed by atoms with Gasteiger partial charge in [0.1, 0.15) is 0 Å². The number of H-pyrrole nitrogens is 2. The summed E-state index contributed by atoms with van der Waals surface area (Å²) < 4.78 is 31.4. The molecule has 1 unspecified atom stereocenters. The van der Waals surface area contributed by atoms with Crippen molar-refractivity contribution >= 4 is 44.2 Å². The number of fused-ring (bicyclic) bond motifs is 1. The van der Waals surface area contributed by atoms with Crippen molar-refractivity contribution in [3.8, 4) is 0 Å². The predicted octanol–water partition coefficient (Wildman–Crippen LogP) is 1.78. The molecule has 1 aromatic heterocycles. The summed E-state index contributed by atoms with van der Waals surface area (Å²) in [5.74, 6) is -1.35. The molecule has 0 saturated carbocycles. The highest BCUT2D eigenvalue weighted by molar-refractivity contribution is 7.85. The molecule has 2 aromatic carbocycles. The fourth-order valence-corrected chi connectivity index (χ4v) is 2.99. The zero-order valence-corrected chi connectivity index (χ0v) is 15.7. The Balaban J connectivity index is 1.81. The first-order chi connectivity index (χ1) is 13.6. The Morgan fingerprint density at radius 2 is 1.83 bits per heavy atom. The third-order valence-corrected chi connectivity index (χ3v) is 4.67. The Morgan fingerprint density at radius 1 is 1.10 bits per heavy atom. The number of nitrogens with zero attached hydrogens (tertiary/aromatic N) is 2. The van der Waals surface area contributed by atoms with E-state index < -0.39 is 38.4 Å². The standard InChI is InChI=1S/C17H15N5O6S/c1-9(23)15(22-21-11-3-2-4-12(7-11)29(26,27)28)16(24)18-10-5-6-13-14(8-10)20-17(25)19-13/h2-8,15H,1H3,(H,18,24)(H2,19,20,25)(H,26,27,28). The molecule has 150 valence electrons. The van der Waals surface area contributed by atoms with Gasteiger partial charge in [0, 0.05) is 5.69 Å². The van der Waals surface area contributed by atoms with Gasteiger partial charge in [-0.15, -0.1) is 0 Å². The average molecular weight is 417 g/mol. The van der Waals surface area contributed by atoms with E-state index in [0.717, 1.165) is 19.1 Å². The summed E-state index contributed by atoms with van der Waals surface area (Å²) in [5.41, 5.74) is 0.981. The number of anilines is 1. The van der Waals surface area contributed by atoms with Crippen LogP contribution in [0.3, 0.4) is 0 Å². The van der Waals surface area contributed by atoms with Crippen LogP contribution in [0.4, 0.5) is 11.4 Å². The third-order valence-electron chi connectivity index (χ3n) is 3.82. The molecule has 4 N–H and O–H groups in total. The Kier molecular flexibility index (Phi) is 5.39. The number of hydrogen-bond donors (Lipinski definition) is 4. The lowest BCUT2D eigenvalue weighted by molar-refractivity contribution is -0.126. The monoisotopic (exact) mass is 417 g/mol. The zero-order chi connectivity index (χ0) is 21.2. The Morgan fingerprint density at radius 3 is 2.52 bits per heavy atom. The van der Waals surface area contributed by atoms with Crippen molar-refractivity contribution in [3.05, 3.63) is 52.9 Å². The lowest BCUT2D eigenvalue weighted by Crippen LogP contribution is -2.31. The van der Waals surface area contributed by atoms with Crippen LogP contribution >= 0.6 is 0 Å². The number of aromatic amines is 2. The van der Waals surface area contributed by atoms with Gasteiger partial charge in [-0.3, -0.25) is 14.1 Å². The molecule has 3 aromatic rings. The summed E-state index contributed by atoms with van der Waals surface area (Å²) in [6.45, 7) is 1.16. The molecule has 0 saturated heterocycles. The number of carbonyl (C=O) groups excluding carboxylic acids is 2. The fraction of sp³-hybridized carbons (Fsp3) is 0.118. The highest BCUT2D eigenvalue weighted by Crippen LogP contribution is 2.19. The first-order valence-corrected chi connectivity index (χ1v) is 9.59. The number of Topliss-reactive ketones (excluding diaryl/α,β-unsaturated/α-hetero) is 1. The molecule has 29 heavy (non-hydrogen) atoms. The quantitative estimate of drug-likeness (QED) is 0.270. The molecule has 1 atom stereocenters. The van der Waals surface area contributed by atoms with Crippen molar-refractivity contribution < 1.29 is 22.6 Å². The summed E-state index contributed by atoms with van der Waals surface area (Å²) >= 11 is 0. The van der Waals surface area contributed by atoms with E-state index in [-0.39, 0.29) is 5.69 Å². The largest absolute Gasteiger partial charge is 0.324 e. The minimum absolute atomic E-state index is 0.0329. The van der Waals surface area contributed by atoms with E-state index in [4.69, 9.17) is 4.55 Å². The summed E-state index contributed by atoms with van der Waals surface area (Å²) in [5, 5.41) is 9.95. The maximum absolute atomic E-state index is 12.4. The number of imidazole rings is 1. The summed E-state index contributed by atoms with van der Waals surface area (Å²) in [4.78, 5) is 40.3. The number of benzene rings is 2. The third kappa shape index (κ3) is 4.80. The molecule has 11 nitrogen and oxygen atoms in total. The lowest BCUT2D eigenvalue weighted by atomic mass is 10.2. The Bertz CT molecular complexity index is 1290. The van der Waals surface area contributed by atoms with Crippen molar-refractivity contribution in [1.82, 2.24) is 9.97 Å². The van der Waals surface area contributed by atoms with Gasteiger partial charge >= 0.3 is 5.69 Å². The van der Waals surface area contributed by atoms with E-state index in [1.54, 1.807) is 6.07 Å². The highest BCUT2D eigenvalue weighted by Gasteiger charge is 2.23. The van der Waals surface area contributed by atoms with Crippen molar-refractivity contribution in [2.75, 3.05) is 5.32 Å². The van der Waals surface area contributed by atoms with Crippen molar-refractivity contribution in [2.24, 2.45) is 10.2 Å². The number of hydrogen-bond acceptors (Lipinski definition) is 7. The molecule has 12 heteroatoms. The Hall–Kier alpha value is -3.64. The fourth-order valence-electron chi connectivity index (χ4n) is 2.47. The molecule has 1 heterocycles. The number of ketones is 1.